The summed E-state index contributed by atoms with van der Waals surface area (Å²) in [5.41, 5.74) is 27.5. The Morgan fingerprint density at radius 2 is 1.54 bits per heavy atom. The fourth-order valence-electron chi connectivity index (χ4n) is 4.51. The highest BCUT2D eigenvalue weighted by molar-refractivity contribution is 5.17. The number of azide groups is 3. The van der Waals surface area contributed by atoms with Crippen molar-refractivity contribution in [3.8, 4) is 0 Å². The van der Waals surface area contributed by atoms with Gasteiger partial charge in [0.05, 0.1) is 37.0 Å². The van der Waals surface area contributed by atoms with Crippen LogP contribution in [0.1, 0.15) is 18.3 Å². The monoisotopic (exact) mass is 489 g/mol. The van der Waals surface area contributed by atoms with Crippen LogP contribution in [0.15, 0.2) is 45.7 Å². The molecule has 4 rings (SSSR count). The second-order valence-corrected chi connectivity index (χ2v) is 8.27. The number of aliphatic hydroxyl groups excluding tert-OH is 3. The van der Waals surface area contributed by atoms with Crippen LogP contribution >= 0.6 is 0 Å². The van der Waals surface area contributed by atoms with E-state index < -0.39 is 67.3 Å². The van der Waals surface area contributed by atoms with Crippen molar-refractivity contribution in [3.63, 3.8) is 0 Å². The molecule has 1 aromatic rings. The number of rotatable bonds is 6. The smallest absolute Gasteiger partial charge is 0.184 e. The van der Waals surface area contributed by atoms with E-state index in [1.165, 1.54) is 0 Å². The minimum atomic E-state index is -1.64. The van der Waals surface area contributed by atoms with Crippen molar-refractivity contribution < 1.29 is 34.3 Å². The SMILES string of the molecule is [N-]=[N+]=NC1[C@@H](O[C@@H]2C(N=[N+]=[N-])C[C@@H](N=[N+]=[N-])C(O)[C@H]2O)OC2COC(c3ccccc3)O[C@H]2[C@@H]1O. The van der Waals surface area contributed by atoms with Crippen LogP contribution < -0.4 is 0 Å². The van der Waals surface area contributed by atoms with Gasteiger partial charge in [-0.05, 0) is 23.0 Å². The Bertz CT molecular complexity index is 1030. The maximum atomic E-state index is 11.0. The van der Waals surface area contributed by atoms with E-state index in [-0.39, 0.29) is 13.0 Å². The lowest BCUT2D eigenvalue weighted by atomic mass is 9.84. The van der Waals surface area contributed by atoms with Gasteiger partial charge in [0.25, 0.3) is 0 Å². The minimum absolute atomic E-state index is 0.0126. The summed E-state index contributed by atoms with van der Waals surface area (Å²) in [5.74, 6) is 0. The van der Waals surface area contributed by atoms with Crippen LogP contribution in [0.5, 0.6) is 0 Å². The largest absolute Gasteiger partial charge is 0.390 e. The van der Waals surface area contributed by atoms with E-state index in [1.54, 1.807) is 12.1 Å². The third kappa shape index (κ3) is 5.12. The van der Waals surface area contributed by atoms with Gasteiger partial charge in [-0.15, -0.1) is 0 Å². The molecule has 35 heavy (non-hydrogen) atoms. The zero-order valence-corrected chi connectivity index (χ0v) is 18.2. The molecule has 1 aliphatic carbocycles. The lowest BCUT2D eigenvalue weighted by Gasteiger charge is -2.48. The Morgan fingerprint density at radius 3 is 2.23 bits per heavy atom. The molecule has 3 N–H and O–H groups in total. The van der Waals surface area contributed by atoms with E-state index in [9.17, 15) is 15.3 Å². The van der Waals surface area contributed by atoms with E-state index in [0.717, 1.165) is 5.56 Å². The summed E-state index contributed by atoms with van der Waals surface area (Å²) >= 11 is 0. The normalized spacial score (nSPS) is 40.8. The standard InChI is InChI=1S/C19H23N9O7/c20-26-23-9-6-10(24-27-21)16(15(31)13(9)29)34-19-12(25-28-22)14(30)17-11(33-19)7-32-18(35-17)8-4-2-1-3-5-8/h1-5,9-19,29-31H,6-7H2/t9-,10?,11?,12?,13?,14-,15-,16-,17-,18?,19-/m1/s1. The average Bonchev–Trinajstić information content (AvgIpc) is 2.87. The molecule has 186 valence electrons. The van der Waals surface area contributed by atoms with Crippen molar-refractivity contribution in [2.45, 2.75) is 73.8 Å². The summed E-state index contributed by atoms with van der Waals surface area (Å²) < 4.78 is 23.4. The molecule has 0 bridgehead atoms. The molecule has 3 fully saturated rings. The topological polar surface area (TPSA) is 244 Å². The van der Waals surface area contributed by atoms with Gasteiger partial charge < -0.3 is 34.3 Å². The lowest BCUT2D eigenvalue weighted by Crippen LogP contribution is -2.64. The fraction of sp³-hybridized carbons (Fsp3) is 0.684. The van der Waals surface area contributed by atoms with Gasteiger partial charge >= 0.3 is 0 Å². The Labute approximate surface area is 197 Å². The molecule has 0 spiro atoms. The molecule has 1 saturated carbocycles. The van der Waals surface area contributed by atoms with Crippen molar-refractivity contribution >= 4 is 0 Å². The maximum absolute atomic E-state index is 11.0. The summed E-state index contributed by atoms with van der Waals surface area (Å²) in [6.07, 6.45) is -9.88. The van der Waals surface area contributed by atoms with Crippen LogP contribution in [-0.2, 0) is 18.9 Å². The number of nitrogens with zero attached hydrogens (tertiary/aromatic N) is 9. The van der Waals surface area contributed by atoms with Crippen molar-refractivity contribution in [2.75, 3.05) is 6.61 Å². The van der Waals surface area contributed by atoms with Crippen LogP contribution in [0.25, 0.3) is 31.3 Å². The maximum Gasteiger partial charge on any atom is 0.184 e. The number of hydrogen-bond donors (Lipinski definition) is 3. The van der Waals surface area contributed by atoms with Crippen molar-refractivity contribution in [1.29, 1.82) is 0 Å². The number of aliphatic hydroxyl groups is 3. The van der Waals surface area contributed by atoms with E-state index in [1.807, 2.05) is 18.2 Å². The van der Waals surface area contributed by atoms with E-state index >= 15 is 0 Å². The molecule has 0 radical (unpaired) electrons. The zero-order chi connectivity index (χ0) is 24.9. The van der Waals surface area contributed by atoms with E-state index in [0.29, 0.717) is 0 Å². The first-order valence-electron chi connectivity index (χ1n) is 10.8. The zero-order valence-electron chi connectivity index (χ0n) is 18.2. The third-order valence-corrected chi connectivity index (χ3v) is 6.22. The van der Waals surface area contributed by atoms with Crippen LogP contribution in [0, 0.1) is 0 Å². The molecule has 16 heteroatoms. The molecule has 0 aromatic heterocycles. The lowest BCUT2D eigenvalue weighted by molar-refractivity contribution is -0.351. The van der Waals surface area contributed by atoms with Gasteiger partial charge in [0.1, 0.15) is 24.4 Å². The van der Waals surface area contributed by atoms with Gasteiger partial charge in [0, 0.05) is 20.3 Å². The molecule has 0 amide bonds. The minimum Gasteiger partial charge on any atom is -0.390 e. The third-order valence-electron chi connectivity index (χ3n) is 6.22. The quantitative estimate of drug-likeness (QED) is 0.303. The number of hydrogen-bond acceptors (Lipinski definition) is 10. The molecule has 1 aromatic carbocycles. The van der Waals surface area contributed by atoms with Crippen molar-refractivity contribution in [1.82, 2.24) is 0 Å². The summed E-state index contributed by atoms with van der Waals surface area (Å²) in [6.45, 7) is 0.0126. The molecule has 2 aliphatic heterocycles. The van der Waals surface area contributed by atoms with Crippen LogP contribution in [-0.4, -0.2) is 83.0 Å². The summed E-state index contributed by atoms with van der Waals surface area (Å²) in [7, 11) is 0. The second kappa shape index (κ2) is 11.1. The fourth-order valence-corrected chi connectivity index (χ4v) is 4.51. The van der Waals surface area contributed by atoms with Crippen LogP contribution in [0.2, 0.25) is 0 Å². The Balaban J connectivity index is 1.54. The molecule has 2 saturated heterocycles. The van der Waals surface area contributed by atoms with Gasteiger partial charge in [-0.3, -0.25) is 0 Å². The first-order valence-corrected chi connectivity index (χ1v) is 10.8. The molecule has 11 atom stereocenters. The molecular weight excluding hydrogens is 466 g/mol. The van der Waals surface area contributed by atoms with Crippen LogP contribution in [0.3, 0.4) is 0 Å². The Morgan fingerprint density at radius 1 is 0.857 bits per heavy atom. The van der Waals surface area contributed by atoms with Crippen molar-refractivity contribution in [2.24, 2.45) is 15.3 Å². The number of fused-ring (bicyclic) bond motifs is 1. The highest BCUT2D eigenvalue weighted by Gasteiger charge is 2.52. The summed E-state index contributed by atoms with van der Waals surface area (Å²) in [4.78, 5) is 8.13. The van der Waals surface area contributed by atoms with Gasteiger partial charge in [0.15, 0.2) is 12.6 Å². The summed E-state index contributed by atoms with van der Waals surface area (Å²) in [6, 6.07) is 5.64. The first-order chi connectivity index (χ1) is 17.0. The van der Waals surface area contributed by atoms with E-state index in [4.69, 9.17) is 35.5 Å². The molecule has 5 unspecified atom stereocenters. The molecular formula is C19H23N9O7. The molecule has 3 aliphatic rings. The summed E-state index contributed by atoms with van der Waals surface area (Å²) in [5, 5.41) is 42.6. The number of benzene rings is 1. The average molecular weight is 489 g/mol. The first kappa shape index (κ1) is 25.0. The van der Waals surface area contributed by atoms with Gasteiger partial charge in [-0.25, -0.2) is 0 Å². The Kier molecular flexibility index (Phi) is 7.90. The van der Waals surface area contributed by atoms with E-state index in [2.05, 4.69) is 30.1 Å². The molecule has 16 nitrogen and oxygen atoms in total. The van der Waals surface area contributed by atoms with Crippen LogP contribution in [0.4, 0.5) is 0 Å². The highest BCUT2D eigenvalue weighted by atomic mass is 16.7. The second-order valence-electron chi connectivity index (χ2n) is 8.27. The van der Waals surface area contributed by atoms with Gasteiger partial charge in [0.2, 0.25) is 0 Å². The number of ether oxygens (including phenoxy) is 4. The van der Waals surface area contributed by atoms with Crippen molar-refractivity contribution in [3.05, 3.63) is 67.2 Å². The Hall–Kier alpha value is -3.13. The van der Waals surface area contributed by atoms with Gasteiger partial charge in [-0.1, -0.05) is 45.7 Å². The van der Waals surface area contributed by atoms with Gasteiger partial charge in [-0.2, -0.15) is 0 Å². The predicted molar refractivity (Wildman–Crippen MR) is 115 cm³/mol. The highest BCUT2D eigenvalue weighted by Crippen LogP contribution is 2.37. The molecule has 2 heterocycles. The predicted octanol–water partition coefficient (Wildman–Crippen LogP) is 1.73.